The first-order valence-corrected chi connectivity index (χ1v) is 7.53. The standard InChI is InChI=1S/C12H8Br3N3O/c13-7-2-1-3-17-11(7)12(19)18-10-8(14)4-6(16)5-9(10)15/h1-5H,16H2,(H,18,19). The van der Waals surface area contributed by atoms with E-state index in [0.29, 0.717) is 30.5 Å². The zero-order valence-electron chi connectivity index (χ0n) is 9.45. The predicted octanol–water partition coefficient (Wildman–Crippen LogP) is 4.20. The molecule has 0 aliphatic rings. The smallest absolute Gasteiger partial charge is 0.275 e. The molecule has 0 unspecified atom stereocenters. The number of rotatable bonds is 2. The van der Waals surface area contributed by atoms with Crippen LogP contribution in [-0.4, -0.2) is 10.9 Å². The second-order valence-electron chi connectivity index (χ2n) is 3.65. The highest BCUT2D eigenvalue weighted by Gasteiger charge is 2.15. The Balaban J connectivity index is 2.32. The van der Waals surface area contributed by atoms with Gasteiger partial charge in [-0.1, -0.05) is 0 Å². The maximum atomic E-state index is 12.1. The summed E-state index contributed by atoms with van der Waals surface area (Å²) in [4.78, 5) is 16.2. The topological polar surface area (TPSA) is 68.0 Å². The van der Waals surface area contributed by atoms with Crippen molar-refractivity contribution >= 4 is 65.1 Å². The molecule has 0 saturated carbocycles. The van der Waals surface area contributed by atoms with Crippen LogP contribution >= 0.6 is 47.8 Å². The van der Waals surface area contributed by atoms with Gasteiger partial charge in [0.05, 0.1) is 5.69 Å². The molecule has 3 N–H and O–H groups in total. The van der Waals surface area contributed by atoms with Crippen molar-refractivity contribution in [1.29, 1.82) is 0 Å². The Kier molecular flexibility index (Phi) is 4.59. The molecule has 0 atom stereocenters. The Bertz CT molecular complexity index is 623. The number of halogens is 3. The molecular formula is C12H8Br3N3O. The first-order valence-electron chi connectivity index (χ1n) is 5.15. The van der Waals surface area contributed by atoms with Crippen molar-refractivity contribution in [2.75, 3.05) is 11.1 Å². The second-order valence-corrected chi connectivity index (χ2v) is 6.21. The number of nitrogen functional groups attached to an aromatic ring is 1. The number of hydrogen-bond acceptors (Lipinski definition) is 3. The minimum Gasteiger partial charge on any atom is -0.399 e. The summed E-state index contributed by atoms with van der Waals surface area (Å²) in [6.45, 7) is 0. The van der Waals surface area contributed by atoms with Gasteiger partial charge in [0.15, 0.2) is 0 Å². The molecule has 1 heterocycles. The zero-order valence-corrected chi connectivity index (χ0v) is 14.2. The number of amides is 1. The van der Waals surface area contributed by atoms with Crippen LogP contribution in [-0.2, 0) is 0 Å². The van der Waals surface area contributed by atoms with Crippen LogP contribution in [0.25, 0.3) is 0 Å². The van der Waals surface area contributed by atoms with Crippen LogP contribution in [0.4, 0.5) is 11.4 Å². The maximum absolute atomic E-state index is 12.1. The van der Waals surface area contributed by atoms with Crippen LogP contribution < -0.4 is 11.1 Å². The number of nitrogens with zero attached hydrogens (tertiary/aromatic N) is 1. The Labute approximate surface area is 135 Å². The molecule has 0 fully saturated rings. The summed E-state index contributed by atoms with van der Waals surface area (Å²) in [7, 11) is 0. The molecule has 2 rings (SSSR count). The molecule has 0 saturated heterocycles. The zero-order chi connectivity index (χ0) is 14.0. The van der Waals surface area contributed by atoms with Crippen LogP contribution in [0.15, 0.2) is 43.9 Å². The summed E-state index contributed by atoms with van der Waals surface area (Å²) in [5, 5.41) is 2.78. The first kappa shape index (κ1) is 14.5. The molecule has 0 aliphatic carbocycles. The molecule has 1 amide bonds. The van der Waals surface area contributed by atoms with E-state index in [1.54, 1.807) is 30.5 Å². The number of nitrogens with one attached hydrogen (secondary N) is 1. The molecule has 0 aliphatic heterocycles. The van der Waals surface area contributed by atoms with E-state index in [1.807, 2.05) is 0 Å². The van der Waals surface area contributed by atoms with Crippen molar-refractivity contribution in [2.24, 2.45) is 0 Å². The molecule has 19 heavy (non-hydrogen) atoms. The summed E-state index contributed by atoms with van der Waals surface area (Å²) in [6, 6.07) is 6.94. The number of carbonyl (C=O) groups excluding carboxylic acids is 1. The average molecular weight is 450 g/mol. The number of benzene rings is 1. The SMILES string of the molecule is Nc1cc(Br)c(NC(=O)c2ncccc2Br)c(Br)c1. The van der Waals surface area contributed by atoms with E-state index >= 15 is 0 Å². The fourth-order valence-electron chi connectivity index (χ4n) is 1.44. The van der Waals surface area contributed by atoms with Gasteiger partial charge in [0.2, 0.25) is 0 Å². The largest absolute Gasteiger partial charge is 0.399 e. The van der Waals surface area contributed by atoms with Gasteiger partial charge >= 0.3 is 0 Å². The summed E-state index contributed by atoms with van der Waals surface area (Å²) in [5.41, 5.74) is 7.22. The lowest BCUT2D eigenvalue weighted by Crippen LogP contribution is -2.15. The predicted molar refractivity (Wildman–Crippen MR) is 86.1 cm³/mol. The monoisotopic (exact) mass is 447 g/mol. The third kappa shape index (κ3) is 3.34. The quantitative estimate of drug-likeness (QED) is 0.675. The average Bonchev–Trinajstić information content (AvgIpc) is 2.34. The van der Waals surface area contributed by atoms with E-state index < -0.39 is 0 Å². The molecule has 0 bridgehead atoms. The van der Waals surface area contributed by atoms with Crippen molar-refractivity contribution in [1.82, 2.24) is 4.98 Å². The maximum Gasteiger partial charge on any atom is 0.275 e. The van der Waals surface area contributed by atoms with Crippen LogP contribution in [0.3, 0.4) is 0 Å². The van der Waals surface area contributed by atoms with Crippen LogP contribution in [0, 0.1) is 0 Å². The molecule has 2 aromatic rings. The van der Waals surface area contributed by atoms with Gasteiger partial charge in [-0.05, 0) is 72.1 Å². The van der Waals surface area contributed by atoms with Gasteiger partial charge < -0.3 is 11.1 Å². The van der Waals surface area contributed by atoms with Gasteiger partial charge in [-0.3, -0.25) is 4.79 Å². The molecule has 7 heteroatoms. The fraction of sp³-hybridized carbons (Fsp3) is 0. The second kappa shape index (κ2) is 6.02. The minimum atomic E-state index is -0.307. The van der Waals surface area contributed by atoms with Crippen LogP contribution in [0.5, 0.6) is 0 Å². The van der Waals surface area contributed by atoms with Crippen LogP contribution in [0.1, 0.15) is 10.5 Å². The lowest BCUT2D eigenvalue weighted by atomic mass is 10.2. The highest BCUT2D eigenvalue weighted by atomic mass is 79.9. The molecule has 1 aromatic carbocycles. The van der Waals surface area contributed by atoms with Gasteiger partial charge in [0.1, 0.15) is 5.69 Å². The number of aromatic nitrogens is 1. The minimum absolute atomic E-state index is 0.307. The third-order valence-electron chi connectivity index (χ3n) is 2.28. The van der Waals surface area contributed by atoms with Gasteiger partial charge in [-0.25, -0.2) is 4.98 Å². The summed E-state index contributed by atoms with van der Waals surface area (Å²) >= 11 is 10.0. The lowest BCUT2D eigenvalue weighted by molar-refractivity contribution is 0.102. The summed E-state index contributed by atoms with van der Waals surface area (Å²) in [5.74, 6) is -0.307. The van der Waals surface area contributed by atoms with Crippen molar-refractivity contribution in [3.63, 3.8) is 0 Å². The third-order valence-corrected chi connectivity index (χ3v) is 4.17. The van der Waals surface area contributed by atoms with E-state index in [-0.39, 0.29) is 5.91 Å². The number of hydrogen-bond donors (Lipinski definition) is 2. The normalized spacial score (nSPS) is 10.3. The molecule has 0 spiro atoms. The Morgan fingerprint density at radius 3 is 2.37 bits per heavy atom. The Morgan fingerprint density at radius 1 is 1.16 bits per heavy atom. The Morgan fingerprint density at radius 2 is 1.79 bits per heavy atom. The van der Waals surface area contributed by atoms with Crippen molar-refractivity contribution in [2.45, 2.75) is 0 Å². The number of nitrogens with two attached hydrogens (primary N) is 1. The number of pyridine rings is 1. The van der Waals surface area contributed by atoms with Crippen molar-refractivity contribution < 1.29 is 4.79 Å². The van der Waals surface area contributed by atoms with Gasteiger partial charge in [0, 0.05) is 25.3 Å². The first-order chi connectivity index (χ1) is 8.99. The van der Waals surface area contributed by atoms with E-state index in [4.69, 9.17) is 5.73 Å². The highest BCUT2D eigenvalue weighted by molar-refractivity contribution is 9.11. The number of carbonyl (C=O) groups is 1. The summed E-state index contributed by atoms with van der Waals surface area (Å²) < 4.78 is 2.02. The van der Waals surface area contributed by atoms with Gasteiger partial charge in [-0.15, -0.1) is 0 Å². The summed E-state index contributed by atoms with van der Waals surface area (Å²) in [6.07, 6.45) is 1.56. The lowest BCUT2D eigenvalue weighted by Gasteiger charge is -2.11. The van der Waals surface area contributed by atoms with Gasteiger partial charge in [-0.2, -0.15) is 0 Å². The Hall–Kier alpha value is -0.920. The molecule has 1 aromatic heterocycles. The molecular weight excluding hydrogens is 442 g/mol. The van der Waals surface area contributed by atoms with Crippen molar-refractivity contribution in [3.8, 4) is 0 Å². The number of anilines is 2. The molecule has 98 valence electrons. The van der Waals surface area contributed by atoms with Gasteiger partial charge in [0.25, 0.3) is 5.91 Å². The van der Waals surface area contributed by atoms with Crippen LogP contribution in [0.2, 0.25) is 0 Å². The molecule has 4 nitrogen and oxygen atoms in total. The molecule has 0 radical (unpaired) electrons. The van der Waals surface area contributed by atoms with E-state index in [1.165, 1.54) is 0 Å². The fourth-order valence-corrected chi connectivity index (χ4v) is 3.29. The van der Waals surface area contributed by atoms with E-state index in [0.717, 1.165) is 0 Å². The van der Waals surface area contributed by atoms with E-state index in [2.05, 4.69) is 58.1 Å². The van der Waals surface area contributed by atoms with E-state index in [9.17, 15) is 4.79 Å². The van der Waals surface area contributed by atoms with Crippen molar-refractivity contribution in [3.05, 3.63) is 49.6 Å². The highest BCUT2D eigenvalue weighted by Crippen LogP contribution is 2.33.